The molecule has 0 unspecified atom stereocenters. The van der Waals surface area contributed by atoms with E-state index in [2.05, 4.69) is 10.3 Å². The molecule has 0 atom stereocenters. The first-order valence-electron chi connectivity index (χ1n) is 5.92. The lowest BCUT2D eigenvalue weighted by atomic mass is 10.2. The summed E-state index contributed by atoms with van der Waals surface area (Å²) in [4.78, 5) is 25.6. The van der Waals surface area contributed by atoms with Gasteiger partial charge in [-0.05, 0) is 36.4 Å². The van der Waals surface area contributed by atoms with Gasteiger partial charge in [0.1, 0.15) is 5.82 Å². The van der Waals surface area contributed by atoms with Crippen LogP contribution in [0.2, 0.25) is 5.02 Å². The molecular weight excluding hydrogens is 299 g/mol. The maximum atomic E-state index is 13.0. The zero-order valence-corrected chi connectivity index (χ0v) is 11.2. The van der Waals surface area contributed by atoms with Crippen LogP contribution in [-0.2, 0) is 0 Å². The number of H-pyrrole nitrogens is 1. The van der Waals surface area contributed by atoms with Crippen molar-refractivity contribution in [1.29, 1.82) is 0 Å². The lowest BCUT2D eigenvalue weighted by Gasteiger charge is -2.06. The van der Waals surface area contributed by atoms with Gasteiger partial charge < -0.3 is 9.73 Å². The number of halogens is 2. The fourth-order valence-electron chi connectivity index (χ4n) is 1.90. The highest BCUT2D eigenvalue weighted by Gasteiger charge is 2.12. The third kappa shape index (κ3) is 2.66. The summed E-state index contributed by atoms with van der Waals surface area (Å²) < 4.78 is 17.8. The highest BCUT2D eigenvalue weighted by Crippen LogP contribution is 2.20. The second-order valence-corrected chi connectivity index (χ2v) is 4.71. The van der Waals surface area contributed by atoms with Crippen LogP contribution in [0.4, 0.5) is 10.1 Å². The van der Waals surface area contributed by atoms with Crippen LogP contribution in [-0.4, -0.2) is 10.9 Å². The van der Waals surface area contributed by atoms with Gasteiger partial charge in [0, 0.05) is 5.69 Å². The average molecular weight is 307 g/mol. The van der Waals surface area contributed by atoms with E-state index in [1.807, 2.05) is 0 Å². The summed E-state index contributed by atoms with van der Waals surface area (Å²) in [6.07, 6.45) is 0. The van der Waals surface area contributed by atoms with Gasteiger partial charge in [-0.25, -0.2) is 9.18 Å². The Morgan fingerprint density at radius 3 is 2.81 bits per heavy atom. The van der Waals surface area contributed by atoms with Crippen LogP contribution in [0.1, 0.15) is 10.4 Å². The third-order valence-corrected chi connectivity index (χ3v) is 3.17. The Hall–Kier alpha value is -2.60. The van der Waals surface area contributed by atoms with Crippen molar-refractivity contribution in [1.82, 2.24) is 4.98 Å². The van der Waals surface area contributed by atoms with E-state index in [0.29, 0.717) is 16.8 Å². The van der Waals surface area contributed by atoms with Crippen LogP contribution in [0.15, 0.2) is 45.6 Å². The van der Waals surface area contributed by atoms with Gasteiger partial charge in [0.05, 0.1) is 16.1 Å². The van der Waals surface area contributed by atoms with Crippen molar-refractivity contribution in [2.45, 2.75) is 0 Å². The van der Waals surface area contributed by atoms with E-state index in [9.17, 15) is 14.0 Å². The normalized spacial score (nSPS) is 10.8. The number of fused-ring (bicyclic) bond motifs is 1. The van der Waals surface area contributed by atoms with E-state index in [4.69, 9.17) is 16.0 Å². The minimum absolute atomic E-state index is 0.0188. The predicted octanol–water partition coefficient (Wildman–Crippen LogP) is 3.17. The highest BCUT2D eigenvalue weighted by molar-refractivity contribution is 6.34. The van der Waals surface area contributed by atoms with E-state index < -0.39 is 17.5 Å². The van der Waals surface area contributed by atoms with E-state index in [1.165, 1.54) is 6.07 Å². The summed E-state index contributed by atoms with van der Waals surface area (Å²) in [5, 5.41) is 2.63. The standard InChI is InChI=1S/C14H8ClFN2O3/c15-10-5-7(16)1-3-9(10)13(19)17-8-2-4-12-11(6-8)18-14(20)21-12/h1-6H,(H,17,19)(H,18,20). The number of oxazole rings is 1. The zero-order valence-electron chi connectivity index (χ0n) is 10.4. The number of carbonyl (C=O) groups is 1. The maximum absolute atomic E-state index is 13.0. The quantitative estimate of drug-likeness (QED) is 0.763. The van der Waals surface area contributed by atoms with E-state index >= 15 is 0 Å². The first-order chi connectivity index (χ1) is 10.0. The second-order valence-electron chi connectivity index (χ2n) is 4.30. The van der Waals surface area contributed by atoms with Crippen molar-refractivity contribution < 1.29 is 13.6 Å². The van der Waals surface area contributed by atoms with Gasteiger partial charge in [-0.3, -0.25) is 9.78 Å². The maximum Gasteiger partial charge on any atom is 0.417 e. The number of benzene rings is 2. The summed E-state index contributed by atoms with van der Waals surface area (Å²) in [7, 11) is 0. The molecule has 0 bridgehead atoms. The van der Waals surface area contributed by atoms with E-state index in [1.54, 1.807) is 18.2 Å². The van der Waals surface area contributed by atoms with Gasteiger partial charge >= 0.3 is 5.76 Å². The van der Waals surface area contributed by atoms with E-state index in [-0.39, 0.29) is 10.6 Å². The third-order valence-electron chi connectivity index (χ3n) is 2.85. The molecule has 0 aliphatic carbocycles. The summed E-state index contributed by atoms with van der Waals surface area (Å²) in [5.41, 5.74) is 1.45. The van der Waals surface area contributed by atoms with Gasteiger partial charge in [0.15, 0.2) is 5.58 Å². The van der Waals surface area contributed by atoms with Crippen molar-refractivity contribution >= 4 is 34.3 Å². The van der Waals surface area contributed by atoms with Crippen molar-refractivity contribution in [2.24, 2.45) is 0 Å². The van der Waals surface area contributed by atoms with Crippen molar-refractivity contribution in [3.05, 3.63) is 63.4 Å². The van der Waals surface area contributed by atoms with Crippen LogP contribution in [0.5, 0.6) is 0 Å². The summed E-state index contributed by atoms with van der Waals surface area (Å²) in [6, 6.07) is 8.19. The number of hydrogen-bond donors (Lipinski definition) is 2. The topological polar surface area (TPSA) is 75.1 Å². The molecule has 7 heteroatoms. The highest BCUT2D eigenvalue weighted by atomic mass is 35.5. The molecule has 0 spiro atoms. The Kier molecular flexibility index (Phi) is 3.23. The largest absolute Gasteiger partial charge is 0.417 e. The molecule has 0 saturated heterocycles. The molecular formula is C14H8ClFN2O3. The minimum Gasteiger partial charge on any atom is -0.408 e. The molecule has 1 amide bonds. The molecule has 106 valence electrons. The molecule has 0 aliphatic rings. The smallest absolute Gasteiger partial charge is 0.408 e. The summed E-state index contributed by atoms with van der Waals surface area (Å²) in [5.74, 6) is -1.57. The number of hydrogen-bond acceptors (Lipinski definition) is 3. The summed E-state index contributed by atoms with van der Waals surface area (Å²) >= 11 is 5.83. The predicted molar refractivity (Wildman–Crippen MR) is 76.2 cm³/mol. The number of carbonyl (C=O) groups excluding carboxylic acids is 1. The lowest BCUT2D eigenvalue weighted by molar-refractivity contribution is 0.102. The molecule has 0 saturated carbocycles. The van der Waals surface area contributed by atoms with Gasteiger partial charge in [0.25, 0.3) is 5.91 Å². The minimum atomic E-state index is -0.574. The molecule has 3 aromatic rings. The Morgan fingerprint density at radius 2 is 2.05 bits per heavy atom. The number of nitrogens with one attached hydrogen (secondary N) is 2. The van der Waals surface area contributed by atoms with E-state index in [0.717, 1.165) is 12.1 Å². The Balaban J connectivity index is 1.90. The van der Waals surface area contributed by atoms with Crippen molar-refractivity contribution in [2.75, 3.05) is 5.32 Å². The molecule has 0 fully saturated rings. The van der Waals surface area contributed by atoms with Crippen LogP contribution in [0.25, 0.3) is 11.1 Å². The number of aromatic amines is 1. The fraction of sp³-hybridized carbons (Fsp3) is 0. The Labute approximate surface area is 122 Å². The number of anilines is 1. The monoisotopic (exact) mass is 306 g/mol. The van der Waals surface area contributed by atoms with Crippen molar-refractivity contribution in [3.8, 4) is 0 Å². The number of rotatable bonds is 2. The number of amides is 1. The lowest BCUT2D eigenvalue weighted by Crippen LogP contribution is -2.12. The zero-order chi connectivity index (χ0) is 15.0. The van der Waals surface area contributed by atoms with Gasteiger partial charge in [0.2, 0.25) is 0 Å². The molecule has 1 aromatic heterocycles. The Morgan fingerprint density at radius 1 is 1.24 bits per heavy atom. The Bertz CT molecular complexity index is 901. The molecule has 2 aromatic carbocycles. The van der Waals surface area contributed by atoms with Crippen molar-refractivity contribution in [3.63, 3.8) is 0 Å². The second kappa shape index (κ2) is 5.06. The van der Waals surface area contributed by atoms with Crippen LogP contribution < -0.4 is 11.1 Å². The first-order valence-corrected chi connectivity index (χ1v) is 6.30. The van der Waals surface area contributed by atoms with Gasteiger partial charge in [-0.2, -0.15) is 0 Å². The van der Waals surface area contributed by atoms with Gasteiger partial charge in [-0.15, -0.1) is 0 Å². The van der Waals surface area contributed by atoms with Gasteiger partial charge in [-0.1, -0.05) is 11.6 Å². The SMILES string of the molecule is O=C(Nc1ccc2oc(=O)[nH]c2c1)c1ccc(F)cc1Cl. The van der Waals surface area contributed by atoms with Crippen LogP contribution in [0.3, 0.4) is 0 Å². The molecule has 0 aliphatic heterocycles. The molecule has 3 rings (SSSR count). The fourth-order valence-corrected chi connectivity index (χ4v) is 2.15. The molecule has 21 heavy (non-hydrogen) atoms. The first kappa shape index (κ1) is 13.4. The number of aromatic nitrogens is 1. The van der Waals surface area contributed by atoms with Crippen LogP contribution >= 0.6 is 11.6 Å². The molecule has 0 radical (unpaired) electrons. The molecule has 2 N–H and O–H groups in total. The average Bonchev–Trinajstić information content (AvgIpc) is 2.77. The molecule has 5 nitrogen and oxygen atoms in total. The van der Waals surface area contributed by atoms with Crippen LogP contribution in [0, 0.1) is 5.82 Å². The summed E-state index contributed by atoms with van der Waals surface area (Å²) in [6.45, 7) is 0. The molecule has 1 heterocycles.